The monoisotopic (exact) mass is 695 g/mol. The van der Waals surface area contributed by atoms with E-state index in [2.05, 4.69) is 23.1 Å². The van der Waals surface area contributed by atoms with Crippen molar-refractivity contribution in [3.05, 3.63) is 64.2 Å². The number of methoxy groups -OCH3 is 2. The summed E-state index contributed by atoms with van der Waals surface area (Å²) < 4.78 is 16.9. The number of carboxylic acids is 1. The van der Waals surface area contributed by atoms with Crippen LogP contribution < -0.4 is 14.2 Å². The normalized spacial score (nSPS) is 24.0. The maximum atomic E-state index is 13.2. The largest absolute Gasteiger partial charge is 0.494 e. The molecular formula is C37H49N3O8S. The van der Waals surface area contributed by atoms with Gasteiger partial charge in [0.2, 0.25) is 11.8 Å². The van der Waals surface area contributed by atoms with Gasteiger partial charge in [0.1, 0.15) is 11.4 Å². The van der Waals surface area contributed by atoms with Crippen molar-refractivity contribution in [2.75, 3.05) is 48.0 Å². The first-order valence-corrected chi connectivity index (χ1v) is 17.9. The van der Waals surface area contributed by atoms with Gasteiger partial charge in [-0.25, -0.2) is 4.79 Å². The number of carboxylic acid groups (broad SMARTS) is 1. The molecule has 49 heavy (non-hydrogen) atoms. The van der Waals surface area contributed by atoms with E-state index in [1.54, 1.807) is 40.1 Å². The number of amides is 2. The van der Waals surface area contributed by atoms with Crippen LogP contribution in [0.4, 0.5) is 0 Å². The number of carbonyl (C=O) groups is 3. The van der Waals surface area contributed by atoms with Gasteiger partial charge in [0.25, 0.3) is 0 Å². The number of fused-ring (bicyclic) bond motifs is 1. The van der Waals surface area contributed by atoms with Gasteiger partial charge in [-0.15, -0.1) is 11.8 Å². The second-order valence-corrected chi connectivity index (χ2v) is 14.7. The lowest BCUT2D eigenvalue weighted by atomic mass is 9.79. The molecule has 2 N–H and O–H groups in total. The van der Waals surface area contributed by atoms with Crippen LogP contribution in [-0.2, 0) is 27.2 Å². The number of likely N-dealkylation sites (N-methyl/N-ethyl adjacent to an activating group) is 1. The highest BCUT2D eigenvalue weighted by atomic mass is 32.2. The van der Waals surface area contributed by atoms with Crippen molar-refractivity contribution in [2.45, 2.75) is 69.4 Å². The predicted molar refractivity (Wildman–Crippen MR) is 188 cm³/mol. The molecular weight excluding hydrogens is 646 g/mol. The smallest absolute Gasteiger partial charge is 0.353 e. The first-order valence-electron chi connectivity index (χ1n) is 17.0. The minimum Gasteiger partial charge on any atom is -0.494 e. The Morgan fingerprint density at radius 1 is 1.04 bits per heavy atom. The Morgan fingerprint density at radius 2 is 1.76 bits per heavy atom. The molecule has 0 saturated carbocycles. The summed E-state index contributed by atoms with van der Waals surface area (Å²) in [5, 5.41) is 20.2. The van der Waals surface area contributed by atoms with Crippen LogP contribution in [-0.4, -0.2) is 114 Å². The summed E-state index contributed by atoms with van der Waals surface area (Å²) >= 11 is 1.47. The molecule has 1 unspecified atom stereocenters. The van der Waals surface area contributed by atoms with Gasteiger partial charge in [0, 0.05) is 43.3 Å². The van der Waals surface area contributed by atoms with Gasteiger partial charge >= 0.3 is 5.97 Å². The number of β-lactam (4-membered cyclic amide) rings is 1. The highest BCUT2D eigenvalue weighted by Crippen LogP contribution is 2.52. The molecule has 0 aliphatic carbocycles. The SMILES string of the molecule is COc1ccc(CCCc2cccc(OCCCN3C[C@@H](SC4=C(C(=O)O)N5C(=O)[C@H]([C@@H](C)O)C5[C@H]4C)C[C@H]3C(=O)N(C)C)c2)cc1OC. The molecule has 0 bridgehead atoms. The molecule has 6 atom stereocenters. The third kappa shape index (κ3) is 7.86. The minimum atomic E-state index is -1.14. The molecule has 2 saturated heterocycles. The van der Waals surface area contributed by atoms with Gasteiger partial charge in [0.15, 0.2) is 11.5 Å². The summed E-state index contributed by atoms with van der Waals surface area (Å²) in [6, 6.07) is 13.5. The predicted octanol–water partition coefficient (Wildman–Crippen LogP) is 4.07. The zero-order valence-corrected chi connectivity index (χ0v) is 30.1. The van der Waals surface area contributed by atoms with Crippen LogP contribution in [0.15, 0.2) is 53.1 Å². The number of thioether (sulfide) groups is 1. The number of aryl methyl sites for hydroxylation is 2. The Morgan fingerprint density at radius 3 is 2.41 bits per heavy atom. The van der Waals surface area contributed by atoms with Crippen molar-refractivity contribution in [1.29, 1.82) is 0 Å². The molecule has 12 heteroatoms. The van der Waals surface area contributed by atoms with Gasteiger partial charge in [-0.1, -0.05) is 25.1 Å². The van der Waals surface area contributed by atoms with Crippen molar-refractivity contribution in [1.82, 2.24) is 14.7 Å². The number of carbonyl (C=O) groups excluding carboxylic acids is 2. The van der Waals surface area contributed by atoms with E-state index in [1.807, 2.05) is 31.2 Å². The fourth-order valence-corrected chi connectivity index (χ4v) is 8.94. The maximum Gasteiger partial charge on any atom is 0.353 e. The Kier molecular flexibility index (Phi) is 11.8. The first kappa shape index (κ1) is 36.5. The third-order valence-corrected chi connectivity index (χ3v) is 11.3. The van der Waals surface area contributed by atoms with Gasteiger partial charge in [0.05, 0.1) is 44.9 Å². The molecule has 3 aliphatic heterocycles. The summed E-state index contributed by atoms with van der Waals surface area (Å²) in [5.74, 6) is 0.00960. The Hall–Kier alpha value is -3.74. The van der Waals surface area contributed by atoms with Crippen molar-refractivity contribution < 1.29 is 38.8 Å². The van der Waals surface area contributed by atoms with Gasteiger partial charge in [-0.05, 0) is 74.4 Å². The molecule has 2 amide bonds. The van der Waals surface area contributed by atoms with Crippen LogP contribution in [0.2, 0.25) is 0 Å². The number of nitrogens with zero attached hydrogens (tertiary/aromatic N) is 3. The number of aliphatic hydroxyl groups is 1. The molecule has 11 nitrogen and oxygen atoms in total. The van der Waals surface area contributed by atoms with E-state index < -0.39 is 18.0 Å². The molecule has 2 aromatic rings. The summed E-state index contributed by atoms with van der Waals surface area (Å²) in [5.41, 5.74) is 2.42. The first-order chi connectivity index (χ1) is 23.4. The van der Waals surface area contributed by atoms with Crippen molar-refractivity contribution >= 4 is 29.5 Å². The molecule has 0 spiro atoms. The zero-order valence-electron chi connectivity index (χ0n) is 29.3. The number of likely N-dealkylation sites (tertiary alicyclic amines) is 1. The van der Waals surface area contributed by atoms with E-state index in [-0.39, 0.29) is 40.8 Å². The Balaban J connectivity index is 1.15. The van der Waals surface area contributed by atoms with Gasteiger partial charge in [-0.3, -0.25) is 14.5 Å². The van der Waals surface area contributed by atoms with E-state index in [0.29, 0.717) is 31.0 Å². The maximum absolute atomic E-state index is 13.2. The van der Waals surface area contributed by atoms with E-state index in [0.717, 1.165) is 42.9 Å². The van der Waals surface area contributed by atoms with Crippen molar-refractivity contribution in [3.8, 4) is 17.2 Å². The Bertz CT molecular complexity index is 1560. The van der Waals surface area contributed by atoms with Crippen LogP contribution in [0.1, 0.15) is 44.2 Å². The average molecular weight is 696 g/mol. The fourth-order valence-electron chi connectivity index (χ4n) is 7.39. The van der Waals surface area contributed by atoms with Crippen molar-refractivity contribution in [2.24, 2.45) is 11.8 Å². The summed E-state index contributed by atoms with van der Waals surface area (Å²) in [6.45, 7) is 5.28. The number of aliphatic hydroxyl groups excluding tert-OH is 1. The summed E-state index contributed by atoms with van der Waals surface area (Å²) in [6.07, 6.45) is 3.26. The lowest BCUT2D eigenvalue weighted by Crippen LogP contribution is -2.63. The van der Waals surface area contributed by atoms with E-state index >= 15 is 0 Å². The van der Waals surface area contributed by atoms with Gasteiger partial charge in [-0.2, -0.15) is 0 Å². The number of benzene rings is 2. The van der Waals surface area contributed by atoms with Gasteiger partial charge < -0.3 is 34.2 Å². The number of hydrogen-bond donors (Lipinski definition) is 2. The second-order valence-electron chi connectivity index (χ2n) is 13.4. The average Bonchev–Trinajstić information content (AvgIpc) is 3.58. The van der Waals surface area contributed by atoms with Crippen LogP contribution in [0, 0.1) is 11.8 Å². The molecule has 0 aromatic heterocycles. The summed E-state index contributed by atoms with van der Waals surface area (Å²) in [7, 11) is 6.78. The molecule has 5 rings (SSSR count). The third-order valence-electron chi connectivity index (χ3n) is 9.83. The lowest BCUT2D eigenvalue weighted by molar-refractivity contribution is -0.163. The lowest BCUT2D eigenvalue weighted by Gasteiger charge is -2.46. The fraction of sp³-hybridized carbons (Fsp3) is 0.541. The number of rotatable bonds is 16. The highest BCUT2D eigenvalue weighted by Gasteiger charge is 2.60. The quantitative estimate of drug-likeness (QED) is 0.196. The van der Waals surface area contributed by atoms with Crippen LogP contribution >= 0.6 is 11.8 Å². The highest BCUT2D eigenvalue weighted by molar-refractivity contribution is 8.03. The molecule has 3 heterocycles. The molecule has 266 valence electrons. The summed E-state index contributed by atoms with van der Waals surface area (Å²) in [4.78, 5) is 44.1. The van der Waals surface area contributed by atoms with E-state index in [1.165, 1.54) is 27.8 Å². The van der Waals surface area contributed by atoms with Crippen LogP contribution in [0.5, 0.6) is 17.2 Å². The van der Waals surface area contributed by atoms with E-state index in [4.69, 9.17) is 14.2 Å². The van der Waals surface area contributed by atoms with E-state index in [9.17, 15) is 24.6 Å². The van der Waals surface area contributed by atoms with Crippen molar-refractivity contribution in [3.63, 3.8) is 0 Å². The van der Waals surface area contributed by atoms with Crippen LogP contribution in [0.3, 0.4) is 0 Å². The molecule has 3 aliphatic rings. The number of hydrogen-bond acceptors (Lipinski definition) is 9. The number of ether oxygens (including phenoxy) is 3. The topological polar surface area (TPSA) is 129 Å². The standard InChI is InChI=1S/C37H49N3O8S/c1-22-32-31(23(2)41)36(43)40(32)33(37(44)45)34(22)49-27-20-28(35(42)38(3)4)39(21-27)16-9-17-48-26-13-8-12-24(18-26)10-7-11-25-14-15-29(46-5)30(19-25)47-6/h8,12-15,18-19,22-23,27-28,31-32,41H,7,9-11,16-17,20-21H2,1-6H3,(H,44,45)/t22-,23-,27+,28+,31-,32?/m1/s1. The second kappa shape index (κ2) is 15.9. The zero-order chi connectivity index (χ0) is 35.4. The molecule has 2 fully saturated rings. The minimum absolute atomic E-state index is 0.0175. The number of aliphatic carboxylic acids is 1. The molecule has 2 aromatic carbocycles. The molecule has 0 radical (unpaired) electrons. The Labute approximate surface area is 293 Å². The van der Waals surface area contributed by atoms with Crippen LogP contribution in [0.25, 0.3) is 0 Å².